The molecule has 1 amide bonds. The number of likely N-dealkylation sites (N-methyl/N-ethyl adjacent to an activating group) is 1. The van der Waals surface area contributed by atoms with Gasteiger partial charge in [-0.25, -0.2) is 0 Å². The van der Waals surface area contributed by atoms with Crippen LogP contribution in [0.3, 0.4) is 0 Å². The molecule has 1 aliphatic heterocycles. The number of hydrogen-bond donors (Lipinski definition) is 0. The van der Waals surface area contributed by atoms with Crippen LogP contribution >= 0.6 is 0 Å². The van der Waals surface area contributed by atoms with Gasteiger partial charge in [0.2, 0.25) is 0 Å². The smallest absolute Gasteiger partial charge is 0.254 e. The van der Waals surface area contributed by atoms with Crippen LogP contribution in [-0.2, 0) is 4.74 Å². The van der Waals surface area contributed by atoms with Gasteiger partial charge in [0.1, 0.15) is 0 Å². The highest BCUT2D eigenvalue weighted by molar-refractivity contribution is 5.95. The molecule has 0 aliphatic carbocycles. The average molecular weight is 353 g/mol. The second-order valence-electron chi connectivity index (χ2n) is 6.74. The van der Waals surface area contributed by atoms with E-state index in [0.29, 0.717) is 12.2 Å². The largest absolute Gasteiger partial charge is 0.374 e. The van der Waals surface area contributed by atoms with Crippen molar-refractivity contribution in [2.45, 2.75) is 20.0 Å². The van der Waals surface area contributed by atoms with Gasteiger partial charge in [-0.3, -0.25) is 9.78 Å². The van der Waals surface area contributed by atoms with Crippen molar-refractivity contribution in [3.8, 4) is 11.3 Å². The van der Waals surface area contributed by atoms with Crippen molar-refractivity contribution in [1.29, 1.82) is 0 Å². The van der Waals surface area contributed by atoms with Crippen molar-refractivity contribution < 1.29 is 9.53 Å². The summed E-state index contributed by atoms with van der Waals surface area (Å²) in [7, 11) is 2.09. The molecular weight excluding hydrogens is 326 g/mol. The molecule has 3 rings (SSSR count). The van der Waals surface area contributed by atoms with E-state index in [1.807, 2.05) is 36.9 Å². The highest BCUT2D eigenvalue weighted by atomic mass is 16.5. The first-order valence-electron chi connectivity index (χ1n) is 9.24. The third-order valence-corrected chi connectivity index (χ3v) is 4.89. The van der Waals surface area contributed by atoms with E-state index in [1.54, 1.807) is 12.3 Å². The maximum Gasteiger partial charge on any atom is 0.254 e. The third kappa shape index (κ3) is 4.29. The van der Waals surface area contributed by atoms with Gasteiger partial charge in [0.15, 0.2) is 0 Å². The van der Waals surface area contributed by atoms with E-state index >= 15 is 0 Å². The van der Waals surface area contributed by atoms with Crippen molar-refractivity contribution in [2.75, 3.05) is 39.8 Å². The maximum atomic E-state index is 12.8. The van der Waals surface area contributed by atoms with Gasteiger partial charge in [0.05, 0.1) is 11.8 Å². The number of carbonyl (C=O) groups excluding carboxylic acids is 1. The normalized spacial score (nSPS) is 16.5. The Balaban J connectivity index is 1.75. The number of piperazine rings is 1. The summed E-state index contributed by atoms with van der Waals surface area (Å²) in [5, 5.41) is 0. The summed E-state index contributed by atoms with van der Waals surface area (Å²) in [6, 6.07) is 11.9. The number of nitrogens with zero attached hydrogens (tertiary/aromatic N) is 3. The lowest BCUT2D eigenvalue weighted by Gasteiger charge is -2.32. The first-order valence-corrected chi connectivity index (χ1v) is 9.24. The van der Waals surface area contributed by atoms with Gasteiger partial charge >= 0.3 is 0 Å². The van der Waals surface area contributed by atoms with Crippen molar-refractivity contribution in [3.05, 3.63) is 53.7 Å². The van der Waals surface area contributed by atoms with E-state index in [1.165, 1.54) is 0 Å². The Bertz CT molecular complexity index is 737. The Labute approximate surface area is 155 Å². The van der Waals surface area contributed by atoms with Gasteiger partial charge in [0, 0.05) is 50.1 Å². The van der Waals surface area contributed by atoms with E-state index in [2.05, 4.69) is 29.1 Å². The monoisotopic (exact) mass is 353 g/mol. The minimum atomic E-state index is 0.0761. The molecule has 1 aromatic heterocycles. The standard InChI is InChI=1S/C21H27N3O2/c1-4-26-16(2)17-5-7-18(8-6-17)20-15-19(9-10-22-20)21(25)24-13-11-23(3)12-14-24/h5-10,15-16H,4,11-14H2,1-3H3/t16-/m0/s1. The zero-order chi connectivity index (χ0) is 18.5. The first kappa shape index (κ1) is 18.5. The van der Waals surface area contributed by atoms with Crippen LogP contribution < -0.4 is 0 Å². The summed E-state index contributed by atoms with van der Waals surface area (Å²) in [4.78, 5) is 21.4. The van der Waals surface area contributed by atoms with Gasteiger partial charge < -0.3 is 14.5 Å². The average Bonchev–Trinajstić information content (AvgIpc) is 2.68. The van der Waals surface area contributed by atoms with E-state index in [4.69, 9.17) is 4.74 Å². The van der Waals surface area contributed by atoms with Crippen LogP contribution in [0.5, 0.6) is 0 Å². The lowest BCUT2D eigenvalue weighted by Crippen LogP contribution is -2.47. The number of amides is 1. The van der Waals surface area contributed by atoms with Crippen LogP contribution in [-0.4, -0.2) is 60.5 Å². The molecule has 0 N–H and O–H groups in total. The quantitative estimate of drug-likeness (QED) is 0.828. The first-order chi connectivity index (χ1) is 12.6. The lowest BCUT2D eigenvalue weighted by atomic mass is 10.0. The molecule has 0 bridgehead atoms. The van der Waals surface area contributed by atoms with Gasteiger partial charge in [-0.15, -0.1) is 0 Å². The minimum absolute atomic E-state index is 0.0761. The second kappa shape index (κ2) is 8.43. The molecule has 1 saturated heterocycles. The summed E-state index contributed by atoms with van der Waals surface area (Å²) in [5.74, 6) is 0.0864. The van der Waals surface area contributed by atoms with Crippen LogP contribution in [0, 0.1) is 0 Å². The molecular formula is C21H27N3O2. The van der Waals surface area contributed by atoms with Crippen LogP contribution in [0.2, 0.25) is 0 Å². The van der Waals surface area contributed by atoms with Crippen molar-refractivity contribution in [2.24, 2.45) is 0 Å². The Morgan fingerprint density at radius 3 is 2.50 bits per heavy atom. The number of rotatable bonds is 5. The topological polar surface area (TPSA) is 45.7 Å². The summed E-state index contributed by atoms with van der Waals surface area (Å²) < 4.78 is 5.63. The zero-order valence-corrected chi connectivity index (χ0v) is 15.8. The van der Waals surface area contributed by atoms with Crippen molar-refractivity contribution in [1.82, 2.24) is 14.8 Å². The summed E-state index contributed by atoms with van der Waals surface area (Å²) in [6.45, 7) is 8.13. The fraction of sp³-hybridized carbons (Fsp3) is 0.429. The highest BCUT2D eigenvalue weighted by Crippen LogP contribution is 2.23. The SMILES string of the molecule is CCO[C@@H](C)c1ccc(-c2cc(C(=O)N3CCN(C)CC3)ccn2)cc1. The van der Waals surface area contributed by atoms with E-state index in [-0.39, 0.29) is 12.0 Å². The van der Waals surface area contributed by atoms with Gasteiger partial charge in [-0.1, -0.05) is 24.3 Å². The van der Waals surface area contributed by atoms with Gasteiger partial charge in [-0.2, -0.15) is 0 Å². The third-order valence-electron chi connectivity index (χ3n) is 4.89. The molecule has 1 fully saturated rings. The Kier molecular flexibility index (Phi) is 6.01. The number of hydrogen-bond acceptors (Lipinski definition) is 4. The van der Waals surface area contributed by atoms with E-state index in [0.717, 1.165) is 43.0 Å². The van der Waals surface area contributed by atoms with Gasteiger partial charge in [-0.05, 0) is 38.6 Å². The summed E-state index contributed by atoms with van der Waals surface area (Å²) >= 11 is 0. The Hall–Kier alpha value is -2.24. The molecule has 26 heavy (non-hydrogen) atoms. The van der Waals surface area contributed by atoms with Crippen molar-refractivity contribution >= 4 is 5.91 Å². The van der Waals surface area contributed by atoms with Gasteiger partial charge in [0.25, 0.3) is 5.91 Å². The lowest BCUT2D eigenvalue weighted by molar-refractivity contribution is 0.0664. The number of ether oxygens (including phenoxy) is 1. The summed E-state index contributed by atoms with van der Waals surface area (Å²) in [6.07, 6.45) is 1.79. The molecule has 0 unspecified atom stereocenters. The number of pyridine rings is 1. The second-order valence-corrected chi connectivity index (χ2v) is 6.74. The number of benzene rings is 1. The highest BCUT2D eigenvalue weighted by Gasteiger charge is 2.20. The molecule has 1 aromatic carbocycles. The summed E-state index contributed by atoms with van der Waals surface area (Å²) in [5.41, 5.74) is 3.66. The molecule has 1 aliphatic rings. The van der Waals surface area contributed by atoms with Crippen LogP contribution in [0.1, 0.15) is 35.9 Å². The fourth-order valence-corrected chi connectivity index (χ4v) is 3.18. The Morgan fingerprint density at radius 1 is 1.15 bits per heavy atom. The van der Waals surface area contributed by atoms with Crippen molar-refractivity contribution in [3.63, 3.8) is 0 Å². The van der Waals surface area contributed by atoms with E-state index < -0.39 is 0 Å². The predicted molar refractivity (Wildman–Crippen MR) is 103 cm³/mol. The molecule has 2 aromatic rings. The van der Waals surface area contributed by atoms with Crippen LogP contribution in [0.4, 0.5) is 0 Å². The maximum absolute atomic E-state index is 12.8. The van der Waals surface area contributed by atoms with Crippen LogP contribution in [0.25, 0.3) is 11.3 Å². The fourth-order valence-electron chi connectivity index (χ4n) is 3.18. The van der Waals surface area contributed by atoms with Crippen LogP contribution in [0.15, 0.2) is 42.6 Å². The molecule has 5 nitrogen and oxygen atoms in total. The molecule has 0 saturated carbocycles. The number of carbonyl (C=O) groups is 1. The molecule has 2 heterocycles. The molecule has 0 radical (unpaired) electrons. The van der Waals surface area contributed by atoms with E-state index in [9.17, 15) is 4.79 Å². The predicted octanol–water partition coefficient (Wildman–Crippen LogP) is 3.23. The minimum Gasteiger partial charge on any atom is -0.374 e. The molecule has 5 heteroatoms. The molecule has 1 atom stereocenters. The Morgan fingerprint density at radius 2 is 1.85 bits per heavy atom. The number of aromatic nitrogens is 1. The molecule has 0 spiro atoms. The zero-order valence-electron chi connectivity index (χ0n) is 15.8. The molecule has 138 valence electrons.